The maximum absolute atomic E-state index is 4.73. The molecule has 2 aromatic heterocycles. The fourth-order valence-corrected chi connectivity index (χ4v) is 2.81. The van der Waals surface area contributed by atoms with E-state index in [9.17, 15) is 0 Å². The van der Waals surface area contributed by atoms with Crippen LogP contribution < -0.4 is 5.32 Å². The van der Waals surface area contributed by atoms with Crippen molar-refractivity contribution in [2.24, 2.45) is 0 Å². The first-order valence-electron chi connectivity index (χ1n) is 6.98. The molecule has 4 nitrogen and oxygen atoms in total. The second-order valence-electron chi connectivity index (χ2n) is 4.99. The van der Waals surface area contributed by atoms with Gasteiger partial charge in [0.25, 0.3) is 0 Å². The summed E-state index contributed by atoms with van der Waals surface area (Å²) in [5.41, 5.74) is 2.14. The predicted octanol–water partition coefficient (Wildman–Crippen LogP) is 3.53. The van der Waals surface area contributed by atoms with Crippen LogP contribution in [0.15, 0.2) is 28.9 Å². The third kappa shape index (κ3) is 2.98. The van der Waals surface area contributed by atoms with Crippen LogP contribution in [0.1, 0.15) is 42.9 Å². The average Bonchev–Trinajstić information content (AvgIpc) is 3.28. The van der Waals surface area contributed by atoms with Crippen LogP contribution in [0, 0.1) is 0 Å². The highest BCUT2D eigenvalue weighted by atomic mass is 79.9. The molecule has 0 spiro atoms. The zero-order chi connectivity index (χ0) is 13.9. The third-order valence-electron chi connectivity index (χ3n) is 3.30. The van der Waals surface area contributed by atoms with E-state index < -0.39 is 0 Å². The molecule has 1 aliphatic carbocycles. The first-order valence-corrected chi connectivity index (χ1v) is 7.77. The van der Waals surface area contributed by atoms with Crippen LogP contribution in [0.4, 0.5) is 5.82 Å². The molecule has 0 aliphatic heterocycles. The normalized spacial score (nSPS) is 14.3. The van der Waals surface area contributed by atoms with Crippen LogP contribution in [0.2, 0.25) is 0 Å². The van der Waals surface area contributed by atoms with Gasteiger partial charge in [-0.05, 0) is 47.8 Å². The second-order valence-corrected chi connectivity index (χ2v) is 5.78. The van der Waals surface area contributed by atoms with Crippen LogP contribution >= 0.6 is 15.9 Å². The third-order valence-corrected chi connectivity index (χ3v) is 4.08. The van der Waals surface area contributed by atoms with Gasteiger partial charge in [-0.2, -0.15) is 0 Å². The van der Waals surface area contributed by atoms with Gasteiger partial charge in [0.1, 0.15) is 11.6 Å². The summed E-state index contributed by atoms with van der Waals surface area (Å²) in [4.78, 5) is 13.7. The monoisotopic (exact) mass is 332 g/mol. The van der Waals surface area contributed by atoms with Gasteiger partial charge in [-0.3, -0.25) is 4.98 Å². The topological polar surface area (TPSA) is 50.7 Å². The number of anilines is 1. The molecule has 0 unspecified atom stereocenters. The molecule has 1 aliphatic rings. The summed E-state index contributed by atoms with van der Waals surface area (Å²) in [5.74, 6) is 2.33. The number of nitrogens with one attached hydrogen (secondary N) is 1. The van der Waals surface area contributed by atoms with Crippen molar-refractivity contribution in [3.05, 3.63) is 46.1 Å². The summed E-state index contributed by atoms with van der Waals surface area (Å²) in [5, 5.41) is 3.31. The number of nitrogens with zero attached hydrogens (tertiary/aromatic N) is 3. The maximum atomic E-state index is 4.73. The first kappa shape index (κ1) is 13.5. The maximum Gasteiger partial charge on any atom is 0.144 e. The first-order chi connectivity index (χ1) is 9.78. The summed E-state index contributed by atoms with van der Waals surface area (Å²) in [6.07, 6.45) is 4.93. The lowest BCUT2D eigenvalue weighted by atomic mass is 10.2. The van der Waals surface area contributed by atoms with Crippen molar-refractivity contribution in [2.75, 3.05) is 11.9 Å². The van der Waals surface area contributed by atoms with E-state index in [4.69, 9.17) is 4.98 Å². The largest absolute Gasteiger partial charge is 0.369 e. The molecule has 1 fully saturated rings. The summed E-state index contributed by atoms with van der Waals surface area (Å²) >= 11 is 3.64. The van der Waals surface area contributed by atoms with Gasteiger partial charge >= 0.3 is 0 Å². The highest BCUT2D eigenvalue weighted by Crippen LogP contribution is 2.43. The molecule has 0 aromatic carbocycles. The van der Waals surface area contributed by atoms with E-state index in [0.717, 1.165) is 34.0 Å². The number of halogens is 1. The van der Waals surface area contributed by atoms with Crippen molar-refractivity contribution in [2.45, 2.75) is 32.1 Å². The summed E-state index contributed by atoms with van der Waals surface area (Å²) in [6.45, 7) is 2.92. The number of rotatable bonds is 5. The van der Waals surface area contributed by atoms with Crippen LogP contribution in [0.3, 0.4) is 0 Å². The van der Waals surface area contributed by atoms with Crippen LogP contribution in [0.25, 0.3) is 0 Å². The molecule has 1 saturated carbocycles. The van der Waals surface area contributed by atoms with Crippen molar-refractivity contribution in [1.29, 1.82) is 0 Å². The minimum atomic E-state index is 0.590. The Balaban J connectivity index is 1.93. The Morgan fingerprint density at radius 1 is 1.30 bits per heavy atom. The standard InChI is InChI=1S/C15H17BrN4/c1-2-17-15-13(16)14(10-6-7-10)19-12(20-15)9-11-5-3-4-8-18-11/h3-5,8,10H,2,6-7,9H2,1H3,(H,17,19,20). The van der Waals surface area contributed by atoms with Gasteiger partial charge in [0.15, 0.2) is 0 Å². The summed E-state index contributed by atoms with van der Waals surface area (Å²) < 4.78 is 1.02. The minimum Gasteiger partial charge on any atom is -0.369 e. The summed E-state index contributed by atoms with van der Waals surface area (Å²) in [6, 6.07) is 5.93. The lowest BCUT2D eigenvalue weighted by Crippen LogP contribution is -2.08. The Hall–Kier alpha value is -1.49. The van der Waals surface area contributed by atoms with Gasteiger partial charge in [0.2, 0.25) is 0 Å². The predicted molar refractivity (Wildman–Crippen MR) is 82.9 cm³/mol. The molecule has 0 radical (unpaired) electrons. The number of hydrogen-bond donors (Lipinski definition) is 1. The van der Waals surface area contributed by atoms with Gasteiger partial charge < -0.3 is 5.32 Å². The Morgan fingerprint density at radius 2 is 2.15 bits per heavy atom. The van der Waals surface area contributed by atoms with E-state index in [1.54, 1.807) is 6.20 Å². The van der Waals surface area contributed by atoms with Gasteiger partial charge in [0.05, 0.1) is 16.6 Å². The van der Waals surface area contributed by atoms with E-state index in [2.05, 4.69) is 38.1 Å². The van der Waals surface area contributed by atoms with Crippen LogP contribution in [-0.4, -0.2) is 21.5 Å². The fourth-order valence-electron chi connectivity index (χ4n) is 2.17. The summed E-state index contributed by atoms with van der Waals surface area (Å²) in [7, 11) is 0. The van der Waals surface area contributed by atoms with Gasteiger partial charge in [-0.15, -0.1) is 0 Å². The average molecular weight is 333 g/mol. The molecule has 0 atom stereocenters. The quantitative estimate of drug-likeness (QED) is 0.909. The molecule has 20 heavy (non-hydrogen) atoms. The van der Waals surface area contributed by atoms with Gasteiger partial charge in [-0.1, -0.05) is 6.07 Å². The molecule has 0 amide bonds. The van der Waals surface area contributed by atoms with E-state index in [-0.39, 0.29) is 0 Å². The number of pyridine rings is 1. The Labute approximate surface area is 127 Å². The molecule has 2 aromatic rings. The van der Waals surface area contributed by atoms with Crippen LogP contribution in [0.5, 0.6) is 0 Å². The lowest BCUT2D eigenvalue weighted by Gasteiger charge is -2.11. The molecular formula is C15H17BrN4. The highest BCUT2D eigenvalue weighted by molar-refractivity contribution is 9.10. The molecule has 5 heteroatoms. The van der Waals surface area contributed by atoms with E-state index in [1.807, 2.05) is 18.2 Å². The minimum absolute atomic E-state index is 0.590. The zero-order valence-corrected chi connectivity index (χ0v) is 13.0. The Kier molecular flexibility index (Phi) is 3.96. The SMILES string of the molecule is CCNc1nc(Cc2ccccn2)nc(C2CC2)c1Br. The van der Waals surface area contributed by atoms with Crippen molar-refractivity contribution < 1.29 is 0 Å². The number of aromatic nitrogens is 3. The van der Waals surface area contributed by atoms with Crippen molar-refractivity contribution in [3.63, 3.8) is 0 Å². The molecule has 3 rings (SSSR count). The van der Waals surface area contributed by atoms with E-state index in [0.29, 0.717) is 12.3 Å². The molecular weight excluding hydrogens is 316 g/mol. The second kappa shape index (κ2) is 5.87. The number of hydrogen-bond acceptors (Lipinski definition) is 4. The Bertz CT molecular complexity index is 596. The van der Waals surface area contributed by atoms with Gasteiger partial charge in [0, 0.05) is 24.4 Å². The molecule has 2 heterocycles. The zero-order valence-electron chi connectivity index (χ0n) is 11.4. The van der Waals surface area contributed by atoms with E-state index in [1.165, 1.54) is 12.8 Å². The molecule has 0 bridgehead atoms. The molecule has 0 saturated heterocycles. The van der Waals surface area contributed by atoms with Gasteiger partial charge in [-0.25, -0.2) is 9.97 Å². The van der Waals surface area contributed by atoms with Crippen LogP contribution in [-0.2, 0) is 6.42 Å². The smallest absolute Gasteiger partial charge is 0.144 e. The van der Waals surface area contributed by atoms with E-state index >= 15 is 0 Å². The van der Waals surface area contributed by atoms with Crippen molar-refractivity contribution in [1.82, 2.24) is 15.0 Å². The fraction of sp³-hybridized carbons (Fsp3) is 0.400. The molecule has 1 N–H and O–H groups in total. The lowest BCUT2D eigenvalue weighted by molar-refractivity contribution is 0.874. The van der Waals surface area contributed by atoms with Crippen molar-refractivity contribution >= 4 is 21.7 Å². The molecule has 104 valence electrons. The Morgan fingerprint density at radius 3 is 2.80 bits per heavy atom. The highest BCUT2D eigenvalue weighted by Gasteiger charge is 2.29. The van der Waals surface area contributed by atoms with Crippen molar-refractivity contribution in [3.8, 4) is 0 Å².